The van der Waals surface area contributed by atoms with E-state index >= 15 is 0 Å². The molecule has 3 nitrogen and oxygen atoms in total. The average Bonchev–Trinajstić information content (AvgIpc) is 2.29. The quantitative estimate of drug-likeness (QED) is 0.857. The number of hydrogen-bond donors (Lipinski definition) is 1. The van der Waals surface area contributed by atoms with Crippen LogP contribution in [-0.4, -0.2) is 20.4 Å². The lowest BCUT2D eigenvalue weighted by molar-refractivity contribution is -0.0169. The maximum Gasteiger partial charge on any atom is 0.189 e. The molecular formula is C11H14ClNO2. The lowest BCUT2D eigenvalue weighted by Crippen LogP contribution is -2.16. The predicted molar refractivity (Wildman–Crippen MR) is 59.4 cm³/mol. The van der Waals surface area contributed by atoms with Gasteiger partial charge in [0.1, 0.15) is 5.75 Å². The molecule has 0 atom stereocenters. The van der Waals surface area contributed by atoms with Crippen molar-refractivity contribution < 1.29 is 9.47 Å². The van der Waals surface area contributed by atoms with Crippen molar-refractivity contribution in [2.45, 2.75) is 13.0 Å². The smallest absolute Gasteiger partial charge is 0.189 e. The minimum atomic E-state index is 0.319. The Kier molecular flexibility index (Phi) is 3.46. The van der Waals surface area contributed by atoms with E-state index in [0.717, 1.165) is 29.3 Å². The van der Waals surface area contributed by atoms with Gasteiger partial charge in [-0.1, -0.05) is 17.7 Å². The van der Waals surface area contributed by atoms with E-state index in [1.54, 1.807) is 0 Å². The second-order valence-corrected chi connectivity index (χ2v) is 3.89. The normalized spacial score (nSPS) is 14.5. The number of likely N-dealkylation sites (N-methyl/N-ethyl adjacent to an activating group) is 1. The summed E-state index contributed by atoms with van der Waals surface area (Å²) >= 11 is 6.07. The summed E-state index contributed by atoms with van der Waals surface area (Å²) < 4.78 is 10.7. The summed E-state index contributed by atoms with van der Waals surface area (Å²) in [4.78, 5) is 0. The number of nitrogens with one attached hydrogen (secondary N) is 1. The minimum absolute atomic E-state index is 0.319. The van der Waals surface area contributed by atoms with E-state index in [-0.39, 0.29) is 0 Å². The van der Waals surface area contributed by atoms with E-state index in [0.29, 0.717) is 13.4 Å². The van der Waals surface area contributed by atoms with Crippen molar-refractivity contribution in [3.63, 3.8) is 0 Å². The second-order valence-electron chi connectivity index (χ2n) is 3.48. The first-order valence-electron chi connectivity index (χ1n) is 4.98. The largest absolute Gasteiger partial charge is 0.467 e. The molecule has 0 aliphatic carbocycles. The van der Waals surface area contributed by atoms with Crippen molar-refractivity contribution in [1.82, 2.24) is 5.32 Å². The van der Waals surface area contributed by atoms with Crippen molar-refractivity contribution >= 4 is 11.6 Å². The number of rotatable bonds is 3. The number of fused-ring (bicyclic) bond motifs is 1. The van der Waals surface area contributed by atoms with Gasteiger partial charge >= 0.3 is 0 Å². The highest BCUT2D eigenvalue weighted by atomic mass is 35.5. The Hall–Kier alpha value is -0.770. The molecule has 4 heteroatoms. The molecular weight excluding hydrogens is 214 g/mol. The lowest BCUT2D eigenvalue weighted by Gasteiger charge is -2.21. The molecule has 1 aromatic rings. The maximum absolute atomic E-state index is 6.07. The molecule has 0 saturated carbocycles. The van der Waals surface area contributed by atoms with Gasteiger partial charge in [0, 0.05) is 10.6 Å². The van der Waals surface area contributed by atoms with E-state index in [2.05, 4.69) is 5.32 Å². The van der Waals surface area contributed by atoms with Crippen molar-refractivity contribution in [1.29, 1.82) is 0 Å². The second kappa shape index (κ2) is 4.84. The first-order chi connectivity index (χ1) is 7.33. The van der Waals surface area contributed by atoms with Crippen molar-refractivity contribution in [2.24, 2.45) is 0 Å². The molecule has 1 aromatic carbocycles. The third kappa shape index (κ3) is 2.25. The molecule has 0 saturated heterocycles. The molecule has 2 rings (SSSR count). The first-order valence-corrected chi connectivity index (χ1v) is 5.36. The fraction of sp³-hybridized carbons (Fsp3) is 0.455. The van der Waals surface area contributed by atoms with Gasteiger partial charge in [-0.05, 0) is 31.6 Å². The van der Waals surface area contributed by atoms with E-state index in [1.807, 2.05) is 19.2 Å². The van der Waals surface area contributed by atoms with Crippen LogP contribution in [0.4, 0.5) is 0 Å². The highest BCUT2D eigenvalue weighted by Crippen LogP contribution is 2.33. The van der Waals surface area contributed by atoms with Gasteiger partial charge in [0.05, 0.1) is 6.61 Å². The molecule has 1 heterocycles. The van der Waals surface area contributed by atoms with E-state index < -0.39 is 0 Å². The maximum atomic E-state index is 6.07. The summed E-state index contributed by atoms with van der Waals surface area (Å²) in [6.07, 6.45) is 0.940. The molecule has 82 valence electrons. The van der Waals surface area contributed by atoms with E-state index in [4.69, 9.17) is 21.1 Å². The van der Waals surface area contributed by atoms with Crippen LogP contribution in [0.1, 0.15) is 11.1 Å². The van der Waals surface area contributed by atoms with Gasteiger partial charge < -0.3 is 14.8 Å². The average molecular weight is 228 g/mol. The predicted octanol–water partition coefficient (Wildman–Crippen LogP) is 1.97. The van der Waals surface area contributed by atoms with Crippen LogP contribution in [0.2, 0.25) is 5.02 Å². The van der Waals surface area contributed by atoms with Crippen LogP contribution in [0.15, 0.2) is 12.1 Å². The van der Waals surface area contributed by atoms with E-state index in [1.165, 1.54) is 5.56 Å². The van der Waals surface area contributed by atoms with Gasteiger partial charge in [0.2, 0.25) is 0 Å². The van der Waals surface area contributed by atoms with Gasteiger partial charge in [-0.3, -0.25) is 0 Å². The van der Waals surface area contributed by atoms with Crippen LogP contribution in [-0.2, 0) is 17.8 Å². The zero-order chi connectivity index (χ0) is 10.7. The molecule has 0 unspecified atom stereocenters. The molecule has 0 bridgehead atoms. The van der Waals surface area contributed by atoms with Gasteiger partial charge in [-0.25, -0.2) is 0 Å². The fourth-order valence-electron chi connectivity index (χ4n) is 1.67. The van der Waals surface area contributed by atoms with Gasteiger partial charge in [-0.15, -0.1) is 0 Å². The third-order valence-corrected chi connectivity index (χ3v) is 2.82. The SMILES string of the molecule is CNCCc1ccc(Cl)c2c1OCOC2. The molecule has 1 aliphatic rings. The third-order valence-electron chi connectivity index (χ3n) is 2.46. The molecule has 0 fully saturated rings. The summed E-state index contributed by atoms with van der Waals surface area (Å²) in [5.41, 5.74) is 2.16. The molecule has 0 amide bonds. The van der Waals surface area contributed by atoms with Crippen LogP contribution in [0.5, 0.6) is 5.75 Å². The Bertz CT molecular complexity index is 355. The van der Waals surface area contributed by atoms with Crippen LogP contribution < -0.4 is 10.1 Å². The first kappa shape index (κ1) is 10.7. The van der Waals surface area contributed by atoms with Crippen molar-refractivity contribution in [3.8, 4) is 5.75 Å². The number of halogens is 1. The van der Waals surface area contributed by atoms with Gasteiger partial charge in [0.15, 0.2) is 6.79 Å². The monoisotopic (exact) mass is 227 g/mol. The minimum Gasteiger partial charge on any atom is -0.467 e. The van der Waals surface area contributed by atoms with Crippen LogP contribution in [0.3, 0.4) is 0 Å². The lowest BCUT2D eigenvalue weighted by atomic mass is 10.1. The fourth-order valence-corrected chi connectivity index (χ4v) is 1.87. The van der Waals surface area contributed by atoms with Crippen molar-refractivity contribution in [2.75, 3.05) is 20.4 Å². The topological polar surface area (TPSA) is 30.5 Å². The summed E-state index contributed by atoms with van der Waals surface area (Å²) in [5, 5.41) is 3.84. The Morgan fingerprint density at radius 3 is 3.13 bits per heavy atom. The summed E-state index contributed by atoms with van der Waals surface area (Å²) in [5.74, 6) is 0.906. The van der Waals surface area contributed by atoms with Crippen LogP contribution >= 0.6 is 11.6 Å². The van der Waals surface area contributed by atoms with Crippen LogP contribution in [0, 0.1) is 0 Å². The molecule has 0 aromatic heterocycles. The number of ether oxygens (including phenoxy) is 2. The standard InChI is InChI=1S/C11H14ClNO2/c1-13-5-4-8-2-3-10(12)9-6-14-7-15-11(8)9/h2-3,13H,4-7H2,1H3. The Labute approximate surface area is 94.3 Å². The zero-order valence-corrected chi connectivity index (χ0v) is 9.43. The molecule has 0 radical (unpaired) electrons. The highest BCUT2D eigenvalue weighted by Gasteiger charge is 2.17. The summed E-state index contributed by atoms with van der Waals surface area (Å²) in [7, 11) is 1.94. The Balaban J connectivity index is 2.30. The molecule has 15 heavy (non-hydrogen) atoms. The molecule has 1 aliphatic heterocycles. The highest BCUT2D eigenvalue weighted by molar-refractivity contribution is 6.31. The van der Waals surface area contributed by atoms with E-state index in [9.17, 15) is 0 Å². The number of hydrogen-bond acceptors (Lipinski definition) is 3. The Morgan fingerprint density at radius 2 is 2.33 bits per heavy atom. The Morgan fingerprint density at radius 1 is 1.47 bits per heavy atom. The summed E-state index contributed by atoms with van der Waals surface area (Å²) in [6, 6.07) is 3.92. The van der Waals surface area contributed by atoms with Crippen molar-refractivity contribution in [3.05, 3.63) is 28.3 Å². The summed E-state index contributed by atoms with van der Waals surface area (Å²) in [6.45, 7) is 1.79. The van der Waals surface area contributed by atoms with Gasteiger partial charge in [-0.2, -0.15) is 0 Å². The van der Waals surface area contributed by atoms with Gasteiger partial charge in [0.25, 0.3) is 0 Å². The molecule has 0 spiro atoms. The molecule has 1 N–H and O–H groups in total. The zero-order valence-electron chi connectivity index (χ0n) is 8.68. The number of benzene rings is 1. The van der Waals surface area contributed by atoms with Crippen LogP contribution in [0.25, 0.3) is 0 Å².